The highest BCUT2D eigenvalue weighted by Gasteiger charge is 2.06. The molecule has 2 heterocycles. The minimum absolute atomic E-state index is 0. The Bertz CT molecular complexity index is 547. The lowest BCUT2D eigenvalue weighted by molar-refractivity contribution is -0.697. The minimum Gasteiger partial charge on any atom is -1.00 e. The van der Waals surface area contributed by atoms with Crippen molar-refractivity contribution < 1.29 is 35.8 Å². The Balaban J connectivity index is 0.00000242. The minimum atomic E-state index is -0.423. The Morgan fingerprint density at radius 3 is 2.77 bits per heavy atom. The first kappa shape index (κ1) is 18.0. The number of tetrazole rings is 1. The molecule has 120 valence electrons. The summed E-state index contributed by atoms with van der Waals surface area (Å²) < 4.78 is 13.9. The smallest absolute Gasteiger partial charge is 0.344 e. The molecule has 2 aromatic rings. The molecule has 0 saturated carbocycles. The van der Waals surface area contributed by atoms with Crippen LogP contribution >= 0.6 is 0 Å². The van der Waals surface area contributed by atoms with Crippen LogP contribution in [-0.4, -0.2) is 39.4 Å². The van der Waals surface area contributed by atoms with E-state index < -0.39 is 5.97 Å². The summed E-state index contributed by atoms with van der Waals surface area (Å²) in [5, 5.41) is 10.6. The fourth-order valence-electron chi connectivity index (χ4n) is 1.67. The number of halogens is 1. The van der Waals surface area contributed by atoms with Gasteiger partial charge in [0.1, 0.15) is 25.2 Å². The summed E-state index contributed by atoms with van der Waals surface area (Å²) in [7, 11) is 0. The number of pyridine rings is 1. The number of carbonyl (C=O) groups excluding carboxylic acids is 1. The van der Waals surface area contributed by atoms with Crippen molar-refractivity contribution in [1.82, 2.24) is 20.2 Å². The van der Waals surface area contributed by atoms with Gasteiger partial charge in [-0.3, -0.25) is 0 Å². The van der Waals surface area contributed by atoms with Gasteiger partial charge in [0.2, 0.25) is 0 Å². The highest BCUT2D eigenvalue weighted by atomic mass is 79.9. The summed E-state index contributed by atoms with van der Waals surface area (Å²) in [5.41, 5.74) is 0. The number of ether oxygens (including phenoxy) is 2. The zero-order valence-electron chi connectivity index (χ0n) is 12.3. The summed E-state index contributed by atoms with van der Waals surface area (Å²) in [6.07, 6.45) is 6.36. The Morgan fingerprint density at radius 1 is 1.36 bits per heavy atom. The fourth-order valence-corrected chi connectivity index (χ4v) is 1.67. The largest absolute Gasteiger partial charge is 1.00 e. The zero-order valence-corrected chi connectivity index (χ0v) is 13.8. The van der Waals surface area contributed by atoms with Crippen molar-refractivity contribution in [3.63, 3.8) is 0 Å². The molecular formula is C13H18BrN5O3. The highest BCUT2D eigenvalue weighted by Crippen LogP contribution is 2.06. The summed E-state index contributed by atoms with van der Waals surface area (Å²) in [4.78, 5) is 11.5. The van der Waals surface area contributed by atoms with Gasteiger partial charge in [0.25, 0.3) is 0 Å². The highest BCUT2D eigenvalue weighted by molar-refractivity contribution is 5.71. The fraction of sp³-hybridized carbons (Fsp3) is 0.462. The molecule has 0 saturated heterocycles. The van der Waals surface area contributed by atoms with Crippen LogP contribution in [0.1, 0.15) is 13.3 Å². The summed E-state index contributed by atoms with van der Waals surface area (Å²) in [6, 6.07) is 3.65. The van der Waals surface area contributed by atoms with E-state index in [0.29, 0.717) is 12.3 Å². The molecule has 0 aliphatic rings. The van der Waals surface area contributed by atoms with Crippen LogP contribution in [0.5, 0.6) is 5.75 Å². The molecule has 2 aromatic heterocycles. The molecule has 0 unspecified atom stereocenters. The predicted molar refractivity (Wildman–Crippen MR) is 71.2 cm³/mol. The molecule has 0 radical (unpaired) electrons. The maximum absolute atomic E-state index is 11.5. The molecule has 0 fully saturated rings. The molecule has 0 atom stereocenters. The van der Waals surface area contributed by atoms with Gasteiger partial charge in [-0.2, -0.15) is 0 Å². The van der Waals surface area contributed by atoms with E-state index in [1.54, 1.807) is 0 Å². The van der Waals surface area contributed by atoms with Gasteiger partial charge >= 0.3 is 5.97 Å². The summed E-state index contributed by atoms with van der Waals surface area (Å²) in [5.74, 6) is 0.216. The number of aryl methyl sites for hydroxylation is 1. The van der Waals surface area contributed by atoms with E-state index in [1.807, 2.05) is 24.5 Å². The van der Waals surface area contributed by atoms with Gasteiger partial charge in [0.05, 0.1) is 6.54 Å². The van der Waals surface area contributed by atoms with Gasteiger partial charge in [-0.15, -0.1) is 5.10 Å². The second kappa shape index (κ2) is 9.82. The molecule has 0 spiro atoms. The first-order valence-corrected chi connectivity index (χ1v) is 6.76. The number of carbonyl (C=O) groups is 1. The molecule has 0 N–H and O–H groups in total. The Kier molecular flexibility index (Phi) is 8.05. The molecule has 0 aliphatic carbocycles. The van der Waals surface area contributed by atoms with Gasteiger partial charge in [-0.1, -0.05) is 6.92 Å². The van der Waals surface area contributed by atoms with Crippen LogP contribution in [0.4, 0.5) is 0 Å². The SMILES string of the molecule is CCC[n+]1ccc(OCC(=O)OCCn2cnnn2)cc1.[Br-]. The number of nitrogens with zero attached hydrogens (tertiary/aromatic N) is 5. The molecule has 22 heavy (non-hydrogen) atoms. The molecule has 2 rings (SSSR count). The molecule has 8 nitrogen and oxygen atoms in total. The van der Waals surface area contributed by atoms with E-state index in [-0.39, 0.29) is 30.2 Å². The number of esters is 1. The maximum atomic E-state index is 11.5. The molecule has 0 aliphatic heterocycles. The number of rotatable bonds is 8. The van der Waals surface area contributed by atoms with Crippen molar-refractivity contribution in [3.8, 4) is 5.75 Å². The Hall–Kier alpha value is -2.03. The van der Waals surface area contributed by atoms with Crippen molar-refractivity contribution in [1.29, 1.82) is 0 Å². The van der Waals surface area contributed by atoms with E-state index in [9.17, 15) is 4.79 Å². The lowest BCUT2D eigenvalue weighted by atomic mass is 10.4. The molecule has 0 amide bonds. The van der Waals surface area contributed by atoms with E-state index in [0.717, 1.165) is 13.0 Å². The van der Waals surface area contributed by atoms with Gasteiger partial charge in [-0.05, 0) is 10.4 Å². The quantitative estimate of drug-likeness (QED) is 0.363. The van der Waals surface area contributed by atoms with Crippen LogP contribution < -0.4 is 26.3 Å². The van der Waals surface area contributed by atoms with Crippen LogP contribution in [-0.2, 0) is 22.6 Å². The van der Waals surface area contributed by atoms with Crippen molar-refractivity contribution in [3.05, 3.63) is 30.9 Å². The van der Waals surface area contributed by atoms with Crippen LogP contribution in [0.25, 0.3) is 0 Å². The number of hydrogen-bond acceptors (Lipinski definition) is 6. The molecule has 0 bridgehead atoms. The normalized spacial score (nSPS) is 9.86. The van der Waals surface area contributed by atoms with Crippen molar-refractivity contribution >= 4 is 5.97 Å². The summed E-state index contributed by atoms with van der Waals surface area (Å²) >= 11 is 0. The maximum Gasteiger partial charge on any atom is 0.344 e. The van der Waals surface area contributed by atoms with E-state index in [1.165, 1.54) is 11.0 Å². The monoisotopic (exact) mass is 371 g/mol. The Labute approximate surface area is 138 Å². The van der Waals surface area contributed by atoms with Crippen LogP contribution in [0.2, 0.25) is 0 Å². The molecular weight excluding hydrogens is 354 g/mol. The predicted octanol–water partition coefficient (Wildman–Crippen LogP) is -3.00. The first-order chi connectivity index (χ1) is 10.3. The lowest BCUT2D eigenvalue weighted by Crippen LogP contribution is -3.00. The first-order valence-electron chi connectivity index (χ1n) is 6.76. The van der Waals surface area contributed by atoms with Gasteiger partial charge in [0, 0.05) is 18.6 Å². The van der Waals surface area contributed by atoms with E-state index in [4.69, 9.17) is 9.47 Å². The molecule has 9 heteroatoms. The van der Waals surface area contributed by atoms with Gasteiger partial charge < -0.3 is 26.5 Å². The van der Waals surface area contributed by atoms with Gasteiger partial charge in [-0.25, -0.2) is 14.0 Å². The Morgan fingerprint density at radius 2 is 2.14 bits per heavy atom. The third kappa shape index (κ3) is 6.17. The van der Waals surface area contributed by atoms with Crippen LogP contribution in [0.15, 0.2) is 30.9 Å². The number of hydrogen-bond donors (Lipinski definition) is 0. The van der Waals surface area contributed by atoms with Crippen molar-refractivity contribution in [2.45, 2.75) is 26.4 Å². The lowest BCUT2D eigenvalue weighted by Gasteiger charge is -2.06. The van der Waals surface area contributed by atoms with Gasteiger partial charge in [0.15, 0.2) is 19.0 Å². The third-order valence-electron chi connectivity index (χ3n) is 2.67. The molecule has 0 aromatic carbocycles. The second-order valence-electron chi connectivity index (χ2n) is 4.35. The second-order valence-corrected chi connectivity index (χ2v) is 4.35. The summed E-state index contributed by atoms with van der Waals surface area (Å²) in [6.45, 7) is 3.58. The third-order valence-corrected chi connectivity index (χ3v) is 2.67. The number of aromatic nitrogens is 5. The topological polar surface area (TPSA) is 83.0 Å². The van der Waals surface area contributed by atoms with E-state index >= 15 is 0 Å². The van der Waals surface area contributed by atoms with E-state index in [2.05, 4.69) is 27.0 Å². The van der Waals surface area contributed by atoms with Crippen LogP contribution in [0, 0.1) is 0 Å². The zero-order chi connectivity index (χ0) is 14.9. The van der Waals surface area contributed by atoms with Crippen molar-refractivity contribution in [2.24, 2.45) is 0 Å². The average Bonchev–Trinajstić information content (AvgIpc) is 3.00. The van der Waals surface area contributed by atoms with Crippen LogP contribution in [0.3, 0.4) is 0 Å². The standard InChI is InChI=1S/C13H18N5O3.BrH/c1-2-5-17-6-3-12(4-7-17)21-10-13(19)20-9-8-18-11-14-15-16-18;/h3-4,6-7,11H,2,5,8-10H2,1H3;1H/q+1;/p-1. The van der Waals surface area contributed by atoms with Crippen molar-refractivity contribution in [2.75, 3.05) is 13.2 Å². The average molecular weight is 372 g/mol.